The molecule has 1 aliphatic heterocycles. The average molecular weight is 220 g/mol. The van der Waals surface area contributed by atoms with E-state index in [2.05, 4.69) is 16.0 Å². The van der Waals surface area contributed by atoms with Crippen LogP contribution < -0.4 is 0 Å². The highest BCUT2D eigenvalue weighted by Crippen LogP contribution is 2.41. The molecule has 0 N–H and O–H groups in total. The number of hydrogen-bond acceptors (Lipinski definition) is 2. The van der Waals surface area contributed by atoms with Crippen molar-refractivity contribution < 1.29 is 4.74 Å². The number of aromatic nitrogens is 2. The van der Waals surface area contributed by atoms with Crippen molar-refractivity contribution in [1.82, 2.24) is 9.78 Å². The largest absolute Gasteiger partial charge is 0.375 e. The van der Waals surface area contributed by atoms with Gasteiger partial charge < -0.3 is 4.74 Å². The molecular formula is C13H20N2O. The summed E-state index contributed by atoms with van der Waals surface area (Å²) in [5.74, 6) is 0. The molecule has 0 amide bonds. The molecule has 0 bridgehead atoms. The maximum atomic E-state index is 6.09. The van der Waals surface area contributed by atoms with Crippen molar-refractivity contribution in [3.05, 3.63) is 18.5 Å². The van der Waals surface area contributed by atoms with Gasteiger partial charge in [-0.2, -0.15) is 5.10 Å². The van der Waals surface area contributed by atoms with Crippen molar-refractivity contribution in [2.75, 3.05) is 6.61 Å². The van der Waals surface area contributed by atoms with E-state index in [1.807, 2.05) is 12.3 Å². The molecule has 2 fully saturated rings. The molecule has 3 rings (SSSR count). The van der Waals surface area contributed by atoms with E-state index in [1.165, 1.54) is 32.1 Å². The van der Waals surface area contributed by atoms with Crippen molar-refractivity contribution in [2.45, 2.75) is 56.6 Å². The zero-order valence-corrected chi connectivity index (χ0v) is 9.77. The molecule has 0 radical (unpaired) electrons. The van der Waals surface area contributed by atoms with Crippen LogP contribution in [0.25, 0.3) is 0 Å². The third kappa shape index (κ3) is 1.88. The van der Waals surface area contributed by atoms with Gasteiger partial charge in [-0.3, -0.25) is 4.68 Å². The van der Waals surface area contributed by atoms with Gasteiger partial charge in [0.2, 0.25) is 0 Å². The number of hydrogen-bond donors (Lipinski definition) is 0. The van der Waals surface area contributed by atoms with E-state index in [4.69, 9.17) is 4.74 Å². The molecule has 16 heavy (non-hydrogen) atoms. The highest BCUT2D eigenvalue weighted by atomic mass is 16.5. The smallest absolute Gasteiger partial charge is 0.0703 e. The quantitative estimate of drug-likeness (QED) is 0.727. The summed E-state index contributed by atoms with van der Waals surface area (Å²) in [4.78, 5) is 0. The van der Waals surface area contributed by atoms with E-state index in [-0.39, 0.29) is 5.60 Å². The van der Waals surface area contributed by atoms with Crippen molar-refractivity contribution in [2.24, 2.45) is 0 Å². The number of nitrogens with zero attached hydrogens (tertiary/aromatic N) is 2. The third-order valence-corrected chi connectivity index (χ3v) is 4.13. The zero-order chi connectivity index (χ0) is 10.8. The van der Waals surface area contributed by atoms with Crippen LogP contribution in [0.15, 0.2) is 18.5 Å². The van der Waals surface area contributed by atoms with Crippen molar-refractivity contribution >= 4 is 0 Å². The van der Waals surface area contributed by atoms with Crippen molar-refractivity contribution in [1.29, 1.82) is 0 Å². The molecule has 1 aromatic heterocycles. The van der Waals surface area contributed by atoms with E-state index in [9.17, 15) is 0 Å². The molecule has 88 valence electrons. The molecule has 1 atom stereocenters. The van der Waals surface area contributed by atoms with Crippen molar-refractivity contribution in [3.8, 4) is 0 Å². The molecule has 3 heteroatoms. The van der Waals surface area contributed by atoms with E-state index < -0.39 is 0 Å². The minimum atomic E-state index is 0.188. The maximum absolute atomic E-state index is 6.09. The lowest BCUT2D eigenvalue weighted by atomic mass is 9.78. The fourth-order valence-electron chi connectivity index (χ4n) is 3.27. The fourth-order valence-corrected chi connectivity index (χ4v) is 3.27. The molecule has 1 unspecified atom stereocenters. The summed E-state index contributed by atoms with van der Waals surface area (Å²) in [6.07, 6.45) is 12.8. The lowest BCUT2D eigenvalue weighted by Crippen LogP contribution is -2.42. The Bertz CT molecular complexity index is 322. The van der Waals surface area contributed by atoms with E-state index in [0.717, 1.165) is 19.4 Å². The molecule has 2 heterocycles. The van der Waals surface area contributed by atoms with Crippen LogP contribution in [0.2, 0.25) is 0 Å². The molecule has 1 saturated heterocycles. The lowest BCUT2D eigenvalue weighted by molar-refractivity contribution is -0.115. The summed E-state index contributed by atoms with van der Waals surface area (Å²) in [5.41, 5.74) is 0.188. The molecule has 0 aromatic carbocycles. The maximum Gasteiger partial charge on any atom is 0.0703 e. The van der Waals surface area contributed by atoms with Gasteiger partial charge in [-0.05, 0) is 31.7 Å². The van der Waals surface area contributed by atoms with E-state index in [0.29, 0.717) is 6.04 Å². The zero-order valence-electron chi connectivity index (χ0n) is 9.77. The van der Waals surface area contributed by atoms with Crippen LogP contribution in [0, 0.1) is 0 Å². The predicted octanol–water partition coefficient (Wildman–Crippen LogP) is 2.94. The molecule has 1 spiro atoms. The second-order valence-electron chi connectivity index (χ2n) is 5.22. The van der Waals surface area contributed by atoms with Gasteiger partial charge in [0.1, 0.15) is 0 Å². The summed E-state index contributed by atoms with van der Waals surface area (Å²) in [5, 5.41) is 4.38. The van der Waals surface area contributed by atoms with Gasteiger partial charge in [0.15, 0.2) is 0 Å². The second kappa shape index (κ2) is 4.21. The van der Waals surface area contributed by atoms with Gasteiger partial charge in [-0.1, -0.05) is 19.3 Å². The number of rotatable bonds is 1. The molecule has 3 nitrogen and oxygen atoms in total. The van der Waals surface area contributed by atoms with Gasteiger partial charge in [0.25, 0.3) is 0 Å². The Balaban J connectivity index is 1.74. The highest BCUT2D eigenvalue weighted by Gasteiger charge is 2.39. The summed E-state index contributed by atoms with van der Waals surface area (Å²) in [7, 11) is 0. The Morgan fingerprint density at radius 1 is 1.25 bits per heavy atom. The highest BCUT2D eigenvalue weighted by molar-refractivity contribution is 4.92. The Morgan fingerprint density at radius 2 is 2.12 bits per heavy atom. The Kier molecular flexibility index (Phi) is 2.72. The monoisotopic (exact) mass is 220 g/mol. The van der Waals surface area contributed by atoms with Crippen LogP contribution in [-0.2, 0) is 4.74 Å². The molecule has 2 aliphatic rings. The van der Waals surface area contributed by atoms with Crippen LogP contribution in [-0.4, -0.2) is 22.0 Å². The number of ether oxygens (including phenoxy) is 1. The van der Waals surface area contributed by atoms with E-state index in [1.54, 1.807) is 0 Å². The standard InChI is InChI=1S/C13H20N2O/c1-2-6-13(7-3-1)11-12(5-10-16-13)15-9-4-8-14-15/h4,8-9,12H,1-3,5-7,10-11H2. The fraction of sp³-hybridized carbons (Fsp3) is 0.769. The first kappa shape index (κ1) is 10.3. The molecule has 1 saturated carbocycles. The lowest BCUT2D eigenvalue weighted by Gasteiger charge is -2.43. The van der Waals surface area contributed by atoms with Crippen LogP contribution >= 0.6 is 0 Å². The molecular weight excluding hydrogens is 200 g/mol. The van der Waals surface area contributed by atoms with Gasteiger partial charge in [0, 0.05) is 19.0 Å². The predicted molar refractivity (Wildman–Crippen MR) is 62.3 cm³/mol. The van der Waals surface area contributed by atoms with Gasteiger partial charge in [-0.15, -0.1) is 0 Å². The Hall–Kier alpha value is -0.830. The topological polar surface area (TPSA) is 27.1 Å². The van der Waals surface area contributed by atoms with Gasteiger partial charge >= 0.3 is 0 Å². The minimum absolute atomic E-state index is 0.188. The first-order valence-corrected chi connectivity index (χ1v) is 6.51. The Labute approximate surface area is 96.8 Å². The van der Waals surface area contributed by atoms with E-state index >= 15 is 0 Å². The molecule has 1 aliphatic carbocycles. The average Bonchev–Trinajstić information content (AvgIpc) is 2.83. The van der Waals surface area contributed by atoms with Gasteiger partial charge in [0.05, 0.1) is 11.6 Å². The van der Waals surface area contributed by atoms with Crippen LogP contribution in [0.5, 0.6) is 0 Å². The van der Waals surface area contributed by atoms with Crippen LogP contribution in [0.3, 0.4) is 0 Å². The van der Waals surface area contributed by atoms with Crippen molar-refractivity contribution in [3.63, 3.8) is 0 Å². The van der Waals surface area contributed by atoms with Crippen LogP contribution in [0.4, 0.5) is 0 Å². The Morgan fingerprint density at radius 3 is 2.88 bits per heavy atom. The first-order chi connectivity index (χ1) is 7.88. The summed E-state index contributed by atoms with van der Waals surface area (Å²) < 4.78 is 8.22. The SMILES string of the molecule is c1cnn(C2CCOC3(CCCCC3)C2)c1. The van der Waals surface area contributed by atoms with Crippen LogP contribution in [0.1, 0.15) is 51.0 Å². The minimum Gasteiger partial charge on any atom is -0.375 e. The summed E-state index contributed by atoms with van der Waals surface area (Å²) in [6.45, 7) is 0.907. The second-order valence-corrected chi connectivity index (χ2v) is 5.22. The summed E-state index contributed by atoms with van der Waals surface area (Å²) >= 11 is 0. The summed E-state index contributed by atoms with van der Waals surface area (Å²) in [6, 6.07) is 2.57. The molecule has 1 aromatic rings. The third-order valence-electron chi connectivity index (χ3n) is 4.13. The first-order valence-electron chi connectivity index (χ1n) is 6.51. The normalized spacial score (nSPS) is 29.4. The van der Waals surface area contributed by atoms with Gasteiger partial charge in [-0.25, -0.2) is 0 Å².